The normalized spacial score (nSPS) is 31.9. The van der Waals surface area contributed by atoms with Gasteiger partial charge in [-0.2, -0.15) is 0 Å². The van der Waals surface area contributed by atoms with Crippen LogP contribution in [0.15, 0.2) is 12.4 Å². The maximum absolute atomic E-state index is 6.36. The molecule has 1 aliphatic carbocycles. The van der Waals surface area contributed by atoms with Crippen molar-refractivity contribution in [3.8, 4) is 0 Å². The van der Waals surface area contributed by atoms with Crippen molar-refractivity contribution in [1.29, 1.82) is 0 Å². The Kier molecular flexibility index (Phi) is 4.63. The van der Waals surface area contributed by atoms with Crippen molar-refractivity contribution in [3.63, 3.8) is 0 Å². The van der Waals surface area contributed by atoms with Gasteiger partial charge in [0, 0.05) is 32.0 Å². The third kappa shape index (κ3) is 3.57. The maximum Gasteiger partial charge on any atom is 0.122 e. The van der Waals surface area contributed by atoms with E-state index in [4.69, 9.17) is 5.73 Å². The fourth-order valence-corrected chi connectivity index (χ4v) is 3.50. The Morgan fingerprint density at radius 3 is 2.74 bits per heavy atom. The van der Waals surface area contributed by atoms with Crippen molar-refractivity contribution in [1.82, 2.24) is 14.5 Å². The van der Waals surface area contributed by atoms with Crippen molar-refractivity contribution >= 4 is 0 Å². The van der Waals surface area contributed by atoms with E-state index >= 15 is 0 Å². The van der Waals surface area contributed by atoms with Crippen molar-refractivity contribution < 1.29 is 0 Å². The van der Waals surface area contributed by atoms with Gasteiger partial charge in [-0.25, -0.2) is 4.98 Å². The molecule has 2 N–H and O–H groups in total. The second-order valence-electron chi connectivity index (χ2n) is 6.53. The number of hydrogen-bond donors (Lipinski definition) is 1. The molecule has 4 unspecified atom stereocenters. The van der Waals surface area contributed by atoms with Gasteiger partial charge in [-0.3, -0.25) is 4.90 Å². The first-order valence-electron chi connectivity index (χ1n) is 7.37. The summed E-state index contributed by atoms with van der Waals surface area (Å²) < 4.78 is 2.09. The Morgan fingerprint density at radius 1 is 1.42 bits per heavy atom. The molecule has 1 aromatic rings. The van der Waals surface area contributed by atoms with Gasteiger partial charge in [-0.1, -0.05) is 13.8 Å². The van der Waals surface area contributed by atoms with Gasteiger partial charge >= 0.3 is 0 Å². The van der Waals surface area contributed by atoms with Crippen LogP contribution in [0.2, 0.25) is 0 Å². The van der Waals surface area contributed by atoms with E-state index in [0.717, 1.165) is 30.7 Å². The summed E-state index contributed by atoms with van der Waals surface area (Å²) in [7, 11) is 4.22. The highest BCUT2D eigenvalue weighted by Crippen LogP contribution is 2.33. The lowest BCUT2D eigenvalue weighted by molar-refractivity contribution is 0.126. The van der Waals surface area contributed by atoms with E-state index < -0.39 is 0 Å². The van der Waals surface area contributed by atoms with Gasteiger partial charge < -0.3 is 10.3 Å². The van der Waals surface area contributed by atoms with Gasteiger partial charge in [0.05, 0.1) is 6.54 Å². The highest BCUT2D eigenvalue weighted by atomic mass is 15.2. The molecule has 1 aromatic heterocycles. The minimum Gasteiger partial charge on any atom is -0.337 e. The fourth-order valence-electron chi connectivity index (χ4n) is 3.50. The van der Waals surface area contributed by atoms with Crippen LogP contribution in [-0.2, 0) is 13.6 Å². The Hall–Kier alpha value is -0.870. The lowest BCUT2D eigenvalue weighted by Crippen LogP contribution is -2.45. The van der Waals surface area contributed by atoms with Crippen LogP contribution < -0.4 is 5.73 Å². The number of rotatable bonds is 4. The average Bonchev–Trinajstić information content (AvgIpc) is 2.69. The van der Waals surface area contributed by atoms with Gasteiger partial charge in [0.15, 0.2) is 0 Å². The summed E-state index contributed by atoms with van der Waals surface area (Å²) in [5.41, 5.74) is 6.36. The van der Waals surface area contributed by atoms with E-state index in [0.29, 0.717) is 12.0 Å². The Bertz CT molecular complexity index is 389. The van der Waals surface area contributed by atoms with Crippen molar-refractivity contribution in [3.05, 3.63) is 18.2 Å². The predicted molar refractivity (Wildman–Crippen MR) is 78.6 cm³/mol. The molecule has 1 saturated carbocycles. The number of nitrogens with zero attached hydrogens (tertiary/aromatic N) is 3. The highest BCUT2D eigenvalue weighted by molar-refractivity contribution is 4.92. The van der Waals surface area contributed by atoms with Crippen molar-refractivity contribution in [2.45, 2.75) is 39.3 Å². The molecular weight excluding hydrogens is 236 g/mol. The molecule has 0 saturated heterocycles. The monoisotopic (exact) mass is 264 g/mol. The van der Waals surface area contributed by atoms with E-state index in [2.05, 4.69) is 35.3 Å². The molecular formula is C15H28N4. The van der Waals surface area contributed by atoms with E-state index in [-0.39, 0.29) is 0 Å². The highest BCUT2D eigenvalue weighted by Gasteiger charge is 2.32. The molecule has 19 heavy (non-hydrogen) atoms. The maximum atomic E-state index is 6.36. The number of imidazole rings is 1. The molecule has 1 heterocycles. The van der Waals surface area contributed by atoms with E-state index in [1.54, 1.807) is 0 Å². The summed E-state index contributed by atoms with van der Waals surface area (Å²) >= 11 is 0. The zero-order chi connectivity index (χ0) is 14.0. The molecule has 1 aliphatic rings. The molecule has 108 valence electrons. The molecule has 0 radical (unpaired) electrons. The van der Waals surface area contributed by atoms with Crippen LogP contribution in [-0.4, -0.2) is 34.1 Å². The standard InChI is InChI=1S/C15H28N4/c1-11-7-12(2)13(14(16)8-11)9-18(3)10-15-17-5-6-19(15)4/h5-6,11-14H,7-10,16H2,1-4H3. The van der Waals surface area contributed by atoms with E-state index in [1.165, 1.54) is 12.8 Å². The van der Waals surface area contributed by atoms with Crippen molar-refractivity contribution in [2.75, 3.05) is 13.6 Å². The summed E-state index contributed by atoms with van der Waals surface area (Å²) in [6, 6.07) is 0.350. The third-order valence-electron chi connectivity index (χ3n) is 4.58. The van der Waals surface area contributed by atoms with Crippen LogP contribution in [0.4, 0.5) is 0 Å². The number of aromatic nitrogens is 2. The van der Waals surface area contributed by atoms with Gasteiger partial charge in [0.25, 0.3) is 0 Å². The Labute approximate surface area is 117 Å². The number of hydrogen-bond acceptors (Lipinski definition) is 3. The molecule has 2 rings (SSSR count). The zero-order valence-corrected chi connectivity index (χ0v) is 12.7. The van der Waals surface area contributed by atoms with E-state index in [1.807, 2.05) is 19.4 Å². The van der Waals surface area contributed by atoms with Gasteiger partial charge in [-0.15, -0.1) is 0 Å². The molecule has 4 heteroatoms. The van der Waals surface area contributed by atoms with Crippen molar-refractivity contribution in [2.24, 2.45) is 30.5 Å². The predicted octanol–water partition coefficient (Wildman–Crippen LogP) is 1.86. The van der Waals surface area contributed by atoms with Crippen LogP contribution >= 0.6 is 0 Å². The van der Waals surface area contributed by atoms with Crippen LogP contribution in [0.25, 0.3) is 0 Å². The van der Waals surface area contributed by atoms with Gasteiger partial charge in [0.1, 0.15) is 5.82 Å². The summed E-state index contributed by atoms with van der Waals surface area (Å²) in [5, 5.41) is 0. The lowest BCUT2D eigenvalue weighted by Gasteiger charge is -2.39. The summed E-state index contributed by atoms with van der Waals surface area (Å²) in [5.74, 6) is 3.23. The van der Waals surface area contributed by atoms with Crippen LogP contribution in [0.3, 0.4) is 0 Å². The SMILES string of the molecule is CC1CC(C)C(CN(C)Cc2nccn2C)C(N)C1. The van der Waals surface area contributed by atoms with Crippen LogP contribution in [0.1, 0.15) is 32.5 Å². The largest absolute Gasteiger partial charge is 0.337 e. The summed E-state index contributed by atoms with van der Waals surface area (Å²) in [6.45, 7) is 6.65. The molecule has 0 aromatic carbocycles. The number of aryl methyl sites for hydroxylation is 1. The molecule has 0 bridgehead atoms. The molecule has 0 amide bonds. The Balaban J connectivity index is 1.91. The first-order chi connectivity index (χ1) is 8.97. The molecule has 1 fully saturated rings. The Morgan fingerprint density at radius 2 is 2.16 bits per heavy atom. The van der Waals surface area contributed by atoms with E-state index in [9.17, 15) is 0 Å². The van der Waals surface area contributed by atoms with Crippen LogP contribution in [0.5, 0.6) is 0 Å². The molecule has 0 aliphatic heterocycles. The average molecular weight is 264 g/mol. The number of nitrogens with two attached hydrogens (primary N) is 1. The summed E-state index contributed by atoms with van der Waals surface area (Å²) in [6.07, 6.45) is 6.35. The first kappa shape index (κ1) is 14.5. The quantitative estimate of drug-likeness (QED) is 0.903. The minimum atomic E-state index is 0.350. The minimum absolute atomic E-state index is 0.350. The van der Waals surface area contributed by atoms with Gasteiger partial charge in [-0.05, 0) is 37.6 Å². The van der Waals surface area contributed by atoms with Gasteiger partial charge in [0.2, 0.25) is 0 Å². The topological polar surface area (TPSA) is 47.1 Å². The smallest absolute Gasteiger partial charge is 0.122 e. The molecule has 4 nitrogen and oxygen atoms in total. The second kappa shape index (κ2) is 6.06. The second-order valence-corrected chi connectivity index (χ2v) is 6.53. The molecule has 4 atom stereocenters. The van der Waals surface area contributed by atoms with Crippen LogP contribution in [0, 0.1) is 17.8 Å². The zero-order valence-electron chi connectivity index (χ0n) is 12.7. The summed E-state index contributed by atoms with van der Waals surface area (Å²) in [4.78, 5) is 6.75. The molecule has 0 spiro atoms. The lowest BCUT2D eigenvalue weighted by atomic mass is 9.72. The fraction of sp³-hybridized carbons (Fsp3) is 0.800. The third-order valence-corrected chi connectivity index (χ3v) is 4.58. The first-order valence-corrected chi connectivity index (χ1v) is 7.37.